The van der Waals surface area contributed by atoms with E-state index in [1.807, 2.05) is 9.88 Å². The van der Waals surface area contributed by atoms with E-state index in [1.54, 1.807) is 25.1 Å². The molecule has 1 aliphatic rings. The summed E-state index contributed by atoms with van der Waals surface area (Å²) in [4.78, 5) is 26.2. The zero-order valence-electron chi connectivity index (χ0n) is 18.7. The summed E-state index contributed by atoms with van der Waals surface area (Å²) in [5, 5.41) is 6.41. The Morgan fingerprint density at radius 3 is 2.53 bits per heavy atom. The van der Waals surface area contributed by atoms with Crippen molar-refractivity contribution in [1.29, 1.82) is 0 Å². The zero-order chi connectivity index (χ0) is 25.6. The molecule has 0 spiro atoms. The number of aromatic amines is 2. The highest BCUT2D eigenvalue weighted by molar-refractivity contribution is 5.75. The van der Waals surface area contributed by atoms with Crippen LogP contribution in [0.5, 0.6) is 0 Å². The lowest BCUT2D eigenvalue weighted by molar-refractivity contribution is -0.144. The summed E-state index contributed by atoms with van der Waals surface area (Å²) in [5.41, 5.74) is 1.42. The number of hydrogen-bond acceptors (Lipinski definition) is 6. The van der Waals surface area contributed by atoms with Crippen LogP contribution in [0.15, 0.2) is 35.1 Å². The smallest absolute Gasteiger partial charge is 0.317 e. The first-order valence-electron chi connectivity index (χ1n) is 10.9. The van der Waals surface area contributed by atoms with Gasteiger partial charge in [0.1, 0.15) is 16.9 Å². The second kappa shape index (κ2) is 8.90. The van der Waals surface area contributed by atoms with Gasteiger partial charge in [-0.2, -0.15) is 17.6 Å². The van der Waals surface area contributed by atoms with Crippen LogP contribution in [0.4, 0.5) is 22.0 Å². The number of hydrogen-bond donors (Lipinski definition) is 2. The topological polar surface area (TPSA) is 103 Å². The quantitative estimate of drug-likeness (QED) is 0.322. The number of alkyl halides is 3. The minimum absolute atomic E-state index is 0.0543. The van der Waals surface area contributed by atoms with E-state index in [0.29, 0.717) is 36.2 Å². The summed E-state index contributed by atoms with van der Waals surface area (Å²) in [7, 11) is 0. The number of H-pyrrole nitrogens is 2. The fraction of sp³-hybridized carbons (Fsp3) is 0.261. The lowest BCUT2D eigenvalue weighted by Gasteiger charge is -2.26. The van der Waals surface area contributed by atoms with Gasteiger partial charge in [-0.25, -0.2) is 14.4 Å². The summed E-state index contributed by atoms with van der Waals surface area (Å²) < 4.78 is 67.9. The largest absolute Gasteiger partial charge is 0.451 e. The van der Waals surface area contributed by atoms with Crippen molar-refractivity contribution in [2.75, 3.05) is 13.1 Å². The number of nitrogens with zero attached hydrogens (tertiary/aromatic N) is 5. The first kappa shape index (κ1) is 23.7. The molecule has 1 aromatic carbocycles. The average molecular weight is 503 g/mol. The monoisotopic (exact) mass is 503 g/mol. The standard InChI is InChI=1S/C23H18F5N7O/c1-11-21(36)31-18-15(29-11)4-2-13(17(18)24)10-35-8-6-12(7-9-35)14-3-5-16(30-19(14)25)20-32-22(34-33-20)23(26,27)28/h2-6H,7-10H2,1H3,(H,31,36)(H,32,33,34). The van der Waals surface area contributed by atoms with Gasteiger partial charge in [-0.15, -0.1) is 10.2 Å². The van der Waals surface area contributed by atoms with Gasteiger partial charge in [-0.1, -0.05) is 12.1 Å². The van der Waals surface area contributed by atoms with Crippen molar-refractivity contribution in [3.63, 3.8) is 0 Å². The molecule has 4 heterocycles. The predicted molar refractivity (Wildman–Crippen MR) is 120 cm³/mol. The highest BCUT2D eigenvalue weighted by atomic mass is 19.4. The van der Waals surface area contributed by atoms with Crippen molar-refractivity contribution < 1.29 is 22.0 Å². The molecule has 2 N–H and O–H groups in total. The lowest BCUT2D eigenvalue weighted by atomic mass is 10.00. The molecule has 0 aliphatic carbocycles. The van der Waals surface area contributed by atoms with Gasteiger partial charge in [-0.3, -0.25) is 9.69 Å². The summed E-state index contributed by atoms with van der Waals surface area (Å²) in [6, 6.07) is 6.07. The summed E-state index contributed by atoms with van der Waals surface area (Å²) in [5.74, 6) is -2.97. The van der Waals surface area contributed by atoms with Crippen molar-refractivity contribution in [1.82, 2.24) is 35.0 Å². The maximum absolute atomic E-state index is 15.0. The normalized spacial score (nSPS) is 14.9. The van der Waals surface area contributed by atoms with Gasteiger partial charge in [0.25, 0.3) is 5.56 Å². The van der Waals surface area contributed by atoms with Crippen LogP contribution >= 0.6 is 0 Å². The van der Waals surface area contributed by atoms with Crippen LogP contribution in [0.25, 0.3) is 28.1 Å². The Morgan fingerprint density at radius 1 is 1.06 bits per heavy atom. The lowest BCUT2D eigenvalue weighted by Crippen LogP contribution is -2.28. The number of benzene rings is 1. The van der Waals surface area contributed by atoms with E-state index in [0.717, 1.165) is 0 Å². The van der Waals surface area contributed by atoms with E-state index >= 15 is 0 Å². The van der Waals surface area contributed by atoms with Gasteiger partial charge >= 0.3 is 6.18 Å². The first-order valence-corrected chi connectivity index (χ1v) is 10.9. The fourth-order valence-corrected chi connectivity index (χ4v) is 4.03. The number of halogens is 5. The molecule has 1 aliphatic heterocycles. The highest BCUT2D eigenvalue weighted by Gasteiger charge is 2.35. The van der Waals surface area contributed by atoms with Crippen molar-refractivity contribution in [3.8, 4) is 11.5 Å². The van der Waals surface area contributed by atoms with Crippen LogP contribution in [0.3, 0.4) is 0 Å². The minimum atomic E-state index is -4.70. The number of rotatable bonds is 4. The third-order valence-corrected chi connectivity index (χ3v) is 5.94. The molecule has 0 unspecified atom stereocenters. The molecule has 0 bridgehead atoms. The number of nitrogens with one attached hydrogen (secondary N) is 2. The average Bonchev–Trinajstić information content (AvgIpc) is 3.34. The van der Waals surface area contributed by atoms with Gasteiger partial charge in [0.15, 0.2) is 11.6 Å². The zero-order valence-corrected chi connectivity index (χ0v) is 18.7. The molecule has 0 atom stereocenters. The number of aryl methyl sites for hydroxylation is 1. The predicted octanol–water partition coefficient (Wildman–Crippen LogP) is 4.00. The Hall–Kier alpha value is -4.00. The molecule has 13 heteroatoms. The molecule has 4 aromatic rings. The molecule has 0 fully saturated rings. The summed E-state index contributed by atoms with van der Waals surface area (Å²) >= 11 is 0. The Bertz CT molecular complexity index is 1560. The molecular weight excluding hydrogens is 485 g/mol. The van der Waals surface area contributed by atoms with Crippen LogP contribution < -0.4 is 5.56 Å². The van der Waals surface area contributed by atoms with Gasteiger partial charge < -0.3 is 9.97 Å². The summed E-state index contributed by atoms with van der Waals surface area (Å²) in [6.45, 7) is 2.73. The number of fused-ring (bicyclic) bond motifs is 1. The molecule has 186 valence electrons. The van der Waals surface area contributed by atoms with Crippen molar-refractivity contribution in [2.45, 2.75) is 26.1 Å². The highest BCUT2D eigenvalue weighted by Crippen LogP contribution is 2.29. The van der Waals surface area contributed by atoms with E-state index in [1.165, 1.54) is 12.1 Å². The maximum Gasteiger partial charge on any atom is 0.451 e. The molecular formula is C23H18F5N7O. The van der Waals surface area contributed by atoms with Crippen LogP contribution in [0.1, 0.15) is 29.1 Å². The fourth-order valence-electron chi connectivity index (χ4n) is 4.03. The molecule has 5 rings (SSSR count). The number of pyridine rings is 1. The Kier molecular flexibility index (Phi) is 5.86. The van der Waals surface area contributed by atoms with E-state index in [4.69, 9.17) is 0 Å². The van der Waals surface area contributed by atoms with Gasteiger partial charge in [0.05, 0.1) is 5.52 Å². The van der Waals surface area contributed by atoms with Crippen LogP contribution in [-0.2, 0) is 12.7 Å². The second-order valence-electron chi connectivity index (χ2n) is 8.35. The molecule has 0 saturated heterocycles. The van der Waals surface area contributed by atoms with E-state index in [9.17, 15) is 26.7 Å². The third-order valence-electron chi connectivity index (χ3n) is 5.94. The Labute approximate surface area is 199 Å². The molecule has 0 radical (unpaired) electrons. The molecule has 8 nitrogen and oxygen atoms in total. The third kappa shape index (κ3) is 4.49. The van der Waals surface area contributed by atoms with Crippen molar-refractivity contribution in [2.24, 2.45) is 0 Å². The molecule has 0 saturated carbocycles. The van der Waals surface area contributed by atoms with Crippen LogP contribution in [0, 0.1) is 18.7 Å². The number of aromatic nitrogens is 6. The van der Waals surface area contributed by atoms with Crippen molar-refractivity contribution >= 4 is 16.6 Å². The summed E-state index contributed by atoms with van der Waals surface area (Å²) in [6.07, 6.45) is -2.46. The molecule has 3 aromatic heterocycles. The Morgan fingerprint density at radius 2 is 1.86 bits per heavy atom. The minimum Gasteiger partial charge on any atom is -0.317 e. The second-order valence-corrected chi connectivity index (χ2v) is 8.35. The van der Waals surface area contributed by atoms with Gasteiger partial charge in [-0.05, 0) is 37.1 Å². The van der Waals surface area contributed by atoms with Crippen LogP contribution in [0.2, 0.25) is 0 Å². The van der Waals surface area contributed by atoms with E-state index < -0.39 is 29.3 Å². The van der Waals surface area contributed by atoms with Crippen LogP contribution in [-0.4, -0.2) is 48.1 Å². The molecule has 0 amide bonds. The first-order chi connectivity index (χ1) is 17.1. The molecule has 36 heavy (non-hydrogen) atoms. The SMILES string of the molecule is Cc1nc2ccc(CN3CC=C(c4ccc(-c5nnc(C(F)(F)F)[nH]5)nc4F)CC3)c(F)c2[nH]c1=O. The van der Waals surface area contributed by atoms with E-state index in [2.05, 4.69) is 25.1 Å². The Balaban J connectivity index is 1.31. The van der Waals surface area contributed by atoms with Gasteiger partial charge in [0.2, 0.25) is 11.8 Å². The van der Waals surface area contributed by atoms with Crippen molar-refractivity contribution in [3.05, 3.63) is 75.1 Å². The maximum atomic E-state index is 15.0. The van der Waals surface area contributed by atoms with E-state index in [-0.39, 0.29) is 34.8 Å². The van der Waals surface area contributed by atoms with Gasteiger partial charge in [0, 0.05) is 30.8 Å².